The predicted octanol–water partition coefficient (Wildman–Crippen LogP) is 4.20. The topological polar surface area (TPSA) is 64.2 Å². The molecule has 0 bridgehead atoms. The number of imidazole rings is 1. The second-order valence-corrected chi connectivity index (χ2v) is 8.24. The van der Waals surface area contributed by atoms with Crippen LogP contribution in [0.1, 0.15) is 28.8 Å². The van der Waals surface area contributed by atoms with Crippen LogP contribution in [0.3, 0.4) is 0 Å². The largest absolute Gasteiger partial charge is 0.335 e. The van der Waals surface area contributed by atoms with E-state index in [0.29, 0.717) is 19.5 Å². The third-order valence-electron chi connectivity index (χ3n) is 6.29. The first-order chi connectivity index (χ1) is 15.7. The number of nitrogens with zero attached hydrogens (tertiary/aromatic N) is 3. The number of amides is 1. The second-order valence-electron chi connectivity index (χ2n) is 8.24. The van der Waals surface area contributed by atoms with Gasteiger partial charge in [-0.15, -0.1) is 12.4 Å². The zero-order chi connectivity index (χ0) is 22.0. The van der Waals surface area contributed by atoms with Crippen LogP contribution in [0.15, 0.2) is 104 Å². The highest BCUT2D eigenvalue weighted by atomic mass is 35.5. The summed E-state index contributed by atoms with van der Waals surface area (Å²) >= 11 is 0. The molecule has 2 heterocycles. The van der Waals surface area contributed by atoms with E-state index < -0.39 is 11.6 Å². The predicted molar refractivity (Wildman–Crippen MR) is 132 cm³/mol. The Bertz CT molecular complexity index is 1100. The molecular weight excluding hydrogens is 432 g/mol. The van der Waals surface area contributed by atoms with Crippen LogP contribution in [0.5, 0.6) is 0 Å². The van der Waals surface area contributed by atoms with Crippen LogP contribution in [0.2, 0.25) is 0 Å². The fourth-order valence-corrected chi connectivity index (χ4v) is 4.73. The summed E-state index contributed by atoms with van der Waals surface area (Å²) in [5, 5.41) is 0. The van der Waals surface area contributed by atoms with Crippen LogP contribution in [0, 0.1) is 0 Å². The second kappa shape index (κ2) is 9.61. The number of carbonyl (C=O) groups is 1. The van der Waals surface area contributed by atoms with Crippen molar-refractivity contribution in [3.05, 3.63) is 126 Å². The summed E-state index contributed by atoms with van der Waals surface area (Å²) < 4.78 is 2.17. The van der Waals surface area contributed by atoms with Crippen molar-refractivity contribution >= 4 is 18.3 Å². The molecule has 4 aromatic rings. The number of halogens is 1. The first-order valence-electron chi connectivity index (χ1n) is 10.9. The Labute approximate surface area is 200 Å². The minimum Gasteiger partial charge on any atom is -0.335 e. The molecule has 0 spiro atoms. The van der Waals surface area contributed by atoms with Crippen molar-refractivity contribution in [3.8, 4) is 0 Å². The lowest BCUT2D eigenvalue weighted by atomic mass is 9.77. The number of carbonyl (C=O) groups excluding carboxylic acids is 1. The molecule has 6 heteroatoms. The van der Waals surface area contributed by atoms with E-state index in [1.807, 2.05) is 24.5 Å². The van der Waals surface area contributed by atoms with Crippen molar-refractivity contribution in [3.63, 3.8) is 0 Å². The fraction of sp³-hybridized carbons (Fsp3) is 0.185. The molecule has 5 nitrogen and oxygen atoms in total. The van der Waals surface area contributed by atoms with Gasteiger partial charge in [0.15, 0.2) is 0 Å². The fourth-order valence-electron chi connectivity index (χ4n) is 4.73. The van der Waals surface area contributed by atoms with Gasteiger partial charge in [-0.3, -0.25) is 4.79 Å². The molecule has 1 saturated heterocycles. The van der Waals surface area contributed by atoms with Gasteiger partial charge in [-0.1, -0.05) is 91.0 Å². The van der Waals surface area contributed by atoms with E-state index in [0.717, 1.165) is 22.4 Å². The van der Waals surface area contributed by atoms with E-state index >= 15 is 0 Å². The van der Waals surface area contributed by atoms with Gasteiger partial charge < -0.3 is 15.2 Å². The van der Waals surface area contributed by atoms with Crippen LogP contribution in [0.4, 0.5) is 0 Å². The lowest BCUT2D eigenvalue weighted by molar-refractivity contribution is -0.129. The Kier molecular flexibility index (Phi) is 6.63. The lowest BCUT2D eigenvalue weighted by Crippen LogP contribution is -2.37. The number of hydrogen-bond donors (Lipinski definition) is 1. The molecule has 5 rings (SSSR count). The average Bonchev–Trinajstić information content (AvgIpc) is 3.44. The summed E-state index contributed by atoms with van der Waals surface area (Å²) in [4.78, 5) is 18.9. The molecule has 168 valence electrons. The summed E-state index contributed by atoms with van der Waals surface area (Å²) in [7, 11) is 0. The van der Waals surface area contributed by atoms with Crippen LogP contribution < -0.4 is 5.73 Å². The van der Waals surface area contributed by atoms with Gasteiger partial charge in [-0.05, 0) is 23.1 Å². The molecule has 1 fully saturated rings. The maximum atomic E-state index is 12.3. The Hall–Kier alpha value is -3.41. The standard InChI is InChI=1S/C27H26N4O.ClH/c28-25-16-17-30(26(25)32)18-24-19-31(20-29-24)27(21-10-4-1-5-11-21,22-12-6-2-7-13-22)23-14-8-3-9-15-23;/h1-15,19-20,25H,16-18,28H2;1H/t25-;/m1./s1. The average molecular weight is 459 g/mol. The molecule has 1 atom stereocenters. The molecule has 3 aromatic carbocycles. The van der Waals surface area contributed by atoms with E-state index in [4.69, 9.17) is 10.7 Å². The molecule has 1 aliphatic rings. The minimum atomic E-state index is -0.597. The van der Waals surface area contributed by atoms with Crippen LogP contribution in [-0.4, -0.2) is 32.9 Å². The third kappa shape index (κ3) is 4.06. The summed E-state index contributed by atoms with van der Waals surface area (Å²) in [5.41, 5.74) is 9.58. The van der Waals surface area contributed by atoms with Crippen molar-refractivity contribution < 1.29 is 4.79 Å². The monoisotopic (exact) mass is 458 g/mol. The first-order valence-corrected chi connectivity index (χ1v) is 10.9. The maximum Gasteiger partial charge on any atom is 0.239 e. The van der Waals surface area contributed by atoms with E-state index in [-0.39, 0.29) is 18.3 Å². The number of hydrogen-bond acceptors (Lipinski definition) is 3. The first kappa shape index (κ1) is 22.8. The molecule has 0 radical (unpaired) electrons. The molecular formula is C27H27ClN4O. The quantitative estimate of drug-likeness (QED) is 0.440. The maximum absolute atomic E-state index is 12.3. The molecule has 0 saturated carbocycles. The Morgan fingerprint density at radius 3 is 1.76 bits per heavy atom. The van der Waals surface area contributed by atoms with Crippen molar-refractivity contribution in [1.82, 2.24) is 14.5 Å². The van der Waals surface area contributed by atoms with E-state index in [2.05, 4.69) is 83.6 Å². The number of nitrogens with two attached hydrogens (primary N) is 1. The van der Waals surface area contributed by atoms with E-state index in [1.165, 1.54) is 0 Å². The Morgan fingerprint density at radius 1 is 0.848 bits per heavy atom. The SMILES string of the molecule is Cl.N[C@@H]1CCN(Cc2cn(C(c3ccccc3)(c3ccccc3)c3ccccc3)cn2)C1=O. The summed E-state index contributed by atoms with van der Waals surface area (Å²) in [6, 6.07) is 31.0. The van der Waals surface area contributed by atoms with Crippen molar-refractivity contribution in [2.24, 2.45) is 5.73 Å². The van der Waals surface area contributed by atoms with Crippen LogP contribution in [-0.2, 0) is 16.9 Å². The van der Waals surface area contributed by atoms with Gasteiger partial charge in [-0.25, -0.2) is 4.98 Å². The smallest absolute Gasteiger partial charge is 0.239 e. The highest BCUT2D eigenvalue weighted by Gasteiger charge is 2.38. The van der Waals surface area contributed by atoms with Gasteiger partial charge in [0.25, 0.3) is 0 Å². The molecule has 1 aliphatic heterocycles. The van der Waals surface area contributed by atoms with Gasteiger partial charge in [0.1, 0.15) is 5.54 Å². The van der Waals surface area contributed by atoms with Crippen LogP contribution >= 0.6 is 12.4 Å². The summed E-state index contributed by atoms with van der Waals surface area (Å²) in [6.45, 7) is 1.14. The van der Waals surface area contributed by atoms with E-state index in [9.17, 15) is 4.79 Å². The third-order valence-corrected chi connectivity index (χ3v) is 6.29. The number of benzene rings is 3. The Morgan fingerprint density at radius 2 is 1.33 bits per heavy atom. The molecule has 1 aromatic heterocycles. The molecule has 0 unspecified atom stereocenters. The Balaban J connectivity index is 0.00000259. The summed E-state index contributed by atoms with van der Waals surface area (Å²) in [5.74, 6) is -0.00000798. The zero-order valence-corrected chi connectivity index (χ0v) is 19.1. The van der Waals surface area contributed by atoms with Gasteiger partial charge in [-0.2, -0.15) is 0 Å². The molecule has 33 heavy (non-hydrogen) atoms. The number of rotatable bonds is 6. The number of aromatic nitrogens is 2. The van der Waals surface area contributed by atoms with Crippen LogP contribution in [0.25, 0.3) is 0 Å². The van der Waals surface area contributed by atoms with E-state index in [1.54, 1.807) is 4.90 Å². The molecule has 1 amide bonds. The van der Waals surface area contributed by atoms with Gasteiger partial charge in [0.2, 0.25) is 5.91 Å². The van der Waals surface area contributed by atoms with Gasteiger partial charge in [0, 0.05) is 12.7 Å². The van der Waals surface area contributed by atoms with Crippen molar-refractivity contribution in [2.75, 3.05) is 6.54 Å². The van der Waals surface area contributed by atoms with Crippen molar-refractivity contribution in [2.45, 2.75) is 24.5 Å². The summed E-state index contributed by atoms with van der Waals surface area (Å²) in [6.07, 6.45) is 4.63. The molecule has 0 aliphatic carbocycles. The van der Waals surface area contributed by atoms with Crippen molar-refractivity contribution in [1.29, 1.82) is 0 Å². The molecule has 2 N–H and O–H groups in total. The van der Waals surface area contributed by atoms with Gasteiger partial charge in [0.05, 0.1) is 24.6 Å². The lowest BCUT2D eigenvalue weighted by Gasteiger charge is -2.37. The normalized spacial score (nSPS) is 16.0. The zero-order valence-electron chi connectivity index (χ0n) is 18.2. The highest BCUT2D eigenvalue weighted by Crippen LogP contribution is 2.40. The minimum absolute atomic E-state index is 0. The van der Waals surface area contributed by atoms with Gasteiger partial charge >= 0.3 is 0 Å². The number of likely N-dealkylation sites (tertiary alicyclic amines) is 1. The highest BCUT2D eigenvalue weighted by molar-refractivity contribution is 5.85.